The average molecular weight is 249 g/mol. The first kappa shape index (κ1) is 11.6. The van der Waals surface area contributed by atoms with Crippen LogP contribution in [0, 0.1) is 0 Å². The molecule has 1 unspecified atom stereocenters. The molecule has 0 spiro atoms. The summed E-state index contributed by atoms with van der Waals surface area (Å²) in [6.45, 7) is 2.97. The second kappa shape index (κ2) is 5.42. The second-order valence-electron chi connectivity index (χ2n) is 4.84. The zero-order valence-corrected chi connectivity index (χ0v) is 10.8. The minimum absolute atomic E-state index is 0.668. The van der Waals surface area contributed by atoms with Crippen LogP contribution in [0.2, 0.25) is 0 Å². The maximum absolute atomic E-state index is 5.38. The fourth-order valence-corrected chi connectivity index (χ4v) is 3.86. The van der Waals surface area contributed by atoms with Crippen molar-refractivity contribution < 1.29 is 4.74 Å². The van der Waals surface area contributed by atoms with E-state index in [1.165, 1.54) is 29.1 Å². The Morgan fingerprint density at radius 3 is 2.94 bits per heavy atom. The number of hydrogen-bond acceptors (Lipinski definition) is 3. The van der Waals surface area contributed by atoms with Gasteiger partial charge in [-0.1, -0.05) is 18.2 Å². The SMILES string of the molecule is c1ccc2c(c1)SCC2CNC1CCOCC1. The lowest BCUT2D eigenvalue weighted by atomic mass is 10.0. The molecule has 1 N–H and O–H groups in total. The van der Waals surface area contributed by atoms with Crippen LogP contribution >= 0.6 is 11.8 Å². The third kappa shape index (κ3) is 2.67. The van der Waals surface area contributed by atoms with Gasteiger partial charge in [0.1, 0.15) is 0 Å². The minimum atomic E-state index is 0.668. The van der Waals surface area contributed by atoms with Gasteiger partial charge >= 0.3 is 0 Å². The topological polar surface area (TPSA) is 21.3 Å². The van der Waals surface area contributed by atoms with Crippen molar-refractivity contribution in [3.8, 4) is 0 Å². The van der Waals surface area contributed by atoms with Gasteiger partial charge in [-0.2, -0.15) is 0 Å². The molecule has 2 nitrogen and oxygen atoms in total. The van der Waals surface area contributed by atoms with E-state index in [-0.39, 0.29) is 0 Å². The summed E-state index contributed by atoms with van der Waals surface area (Å²) in [4.78, 5) is 1.48. The molecule has 2 aliphatic rings. The average Bonchev–Trinajstić information content (AvgIpc) is 2.81. The predicted octanol–water partition coefficient (Wildman–Crippen LogP) is 2.64. The van der Waals surface area contributed by atoms with E-state index < -0.39 is 0 Å². The van der Waals surface area contributed by atoms with Crippen LogP contribution in [0.3, 0.4) is 0 Å². The Hall–Kier alpha value is -0.510. The van der Waals surface area contributed by atoms with Crippen LogP contribution in [-0.2, 0) is 4.74 Å². The normalized spacial score (nSPS) is 24.8. The molecule has 3 rings (SSSR count). The largest absolute Gasteiger partial charge is 0.381 e. The van der Waals surface area contributed by atoms with Crippen LogP contribution in [0.1, 0.15) is 24.3 Å². The molecule has 1 atom stereocenters. The van der Waals surface area contributed by atoms with E-state index >= 15 is 0 Å². The van der Waals surface area contributed by atoms with Crippen molar-refractivity contribution in [3.63, 3.8) is 0 Å². The van der Waals surface area contributed by atoms with Gasteiger partial charge in [-0.3, -0.25) is 0 Å². The predicted molar refractivity (Wildman–Crippen MR) is 71.8 cm³/mol. The lowest BCUT2D eigenvalue weighted by molar-refractivity contribution is 0.0778. The molecule has 1 aromatic rings. The van der Waals surface area contributed by atoms with Gasteiger partial charge in [-0.05, 0) is 24.5 Å². The Morgan fingerprint density at radius 2 is 2.06 bits per heavy atom. The molecule has 0 saturated carbocycles. The maximum atomic E-state index is 5.38. The van der Waals surface area contributed by atoms with Crippen molar-refractivity contribution in [2.45, 2.75) is 29.7 Å². The van der Waals surface area contributed by atoms with Gasteiger partial charge in [0.2, 0.25) is 0 Å². The minimum Gasteiger partial charge on any atom is -0.381 e. The molecule has 1 saturated heterocycles. The second-order valence-corrected chi connectivity index (χ2v) is 5.90. The zero-order valence-electron chi connectivity index (χ0n) is 10.0. The lowest BCUT2D eigenvalue weighted by Crippen LogP contribution is -2.37. The number of fused-ring (bicyclic) bond motifs is 1. The van der Waals surface area contributed by atoms with E-state index in [1.54, 1.807) is 0 Å². The standard InChI is InChI=1S/C14H19NOS/c1-2-4-14-13(3-1)11(10-17-14)9-15-12-5-7-16-8-6-12/h1-4,11-12,15H,5-10H2. The van der Waals surface area contributed by atoms with Crippen LogP contribution in [0.25, 0.3) is 0 Å². The quantitative estimate of drug-likeness (QED) is 0.890. The summed E-state index contributed by atoms with van der Waals surface area (Å²) in [6.07, 6.45) is 2.34. The maximum Gasteiger partial charge on any atom is 0.0480 e. The number of thioether (sulfide) groups is 1. The van der Waals surface area contributed by atoms with Crippen molar-refractivity contribution >= 4 is 11.8 Å². The molecule has 92 valence electrons. The van der Waals surface area contributed by atoms with Crippen molar-refractivity contribution in [1.29, 1.82) is 0 Å². The number of nitrogens with one attached hydrogen (secondary N) is 1. The highest BCUT2D eigenvalue weighted by atomic mass is 32.2. The van der Waals surface area contributed by atoms with E-state index in [2.05, 4.69) is 29.6 Å². The lowest BCUT2D eigenvalue weighted by Gasteiger charge is -2.24. The molecule has 0 bridgehead atoms. The fourth-order valence-electron chi connectivity index (χ4n) is 2.61. The van der Waals surface area contributed by atoms with Crippen LogP contribution in [-0.4, -0.2) is 31.6 Å². The number of hydrogen-bond donors (Lipinski definition) is 1. The van der Waals surface area contributed by atoms with Crippen molar-refractivity contribution in [3.05, 3.63) is 29.8 Å². The molecule has 1 fully saturated rings. The molecule has 2 heterocycles. The molecule has 0 aliphatic carbocycles. The molecule has 0 amide bonds. The molecule has 17 heavy (non-hydrogen) atoms. The van der Waals surface area contributed by atoms with Crippen molar-refractivity contribution in [2.75, 3.05) is 25.5 Å². The fraction of sp³-hybridized carbons (Fsp3) is 0.571. The highest BCUT2D eigenvalue weighted by Crippen LogP contribution is 2.38. The van der Waals surface area contributed by atoms with Crippen LogP contribution in [0.15, 0.2) is 29.2 Å². The van der Waals surface area contributed by atoms with Crippen LogP contribution in [0.5, 0.6) is 0 Å². The molecule has 3 heteroatoms. The van der Waals surface area contributed by atoms with Gasteiger partial charge in [0.05, 0.1) is 0 Å². The van der Waals surface area contributed by atoms with E-state index in [0.29, 0.717) is 12.0 Å². The summed E-state index contributed by atoms with van der Waals surface area (Å²) in [7, 11) is 0. The Bertz CT molecular complexity index is 376. The van der Waals surface area contributed by atoms with Crippen LogP contribution < -0.4 is 5.32 Å². The third-order valence-electron chi connectivity index (χ3n) is 3.67. The first-order valence-electron chi connectivity index (χ1n) is 6.46. The Labute approximate surface area is 107 Å². The summed E-state index contributed by atoms with van der Waals surface area (Å²) < 4.78 is 5.38. The van der Waals surface area contributed by atoms with Gasteiger partial charge in [0.25, 0.3) is 0 Å². The Kier molecular flexibility index (Phi) is 3.69. The Morgan fingerprint density at radius 1 is 1.24 bits per heavy atom. The number of benzene rings is 1. The molecular formula is C14H19NOS. The van der Waals surface area contributed by atoms with Gasteiger partial charge in [-0.25, -0.2) is 0 Å². The first-order valence-corrected chi connectivity index (χ1v) is 7.45. The smallest absolute Gasteiger partial charge is 0.0480 e. The van der Waals surface area contributed by atoms with E-state index in [0.717, 1.165) is 19.8 Å². The summed E-state index contributed by atoms with van der Waals surface area (Å²) in [5.74, 6) is 1.93. The van der Waals surface area contributed by atoms with Gasteiger partial charge in [0.15, 0.2) is 0 Å². The molecule has 0 aromatic heterocycles. The van der Waals surface area contributed by atoms with Gasteiger partial charge < -0.3 is 10.1 Å². The molecule has 2 aliphatic heterocycles. The van der Waals surface area contributed by atoms with E-state index in [4.69, 9.17) is 4.74 Å². The summed E-state index contributed by atoms with van der Waals surface area (Å²) in [5, 5.41) is 3.71. The van der Waals surface area contributed by atoms with Gasteiger partial charge in [0, 0.05) is 42.4 Å². The number of ether oxygens (including phenoxy) is 1. The highest BCUT2D eigenvalue weighted by molar-refractivity contribution is 7.99. The van der Waals surface area contributed by atoms with Crippen LogP contribution in [0.4, 0.5) is 0 Å². The van der Waals surface area contributed by atoms with E-state index in [9.17, 15) is 0 Å². The van der Waals surface area contributed by atoms with Crippen molar-refractivity contribution in [1.82, 2.24) is 5.32 Å². The first-order chi connectivity index (χ1) is 8.43. The highest BCUT2D eigenvalue weighted by Gasteiger charge is 2.23. The Balaban J connectivity index is 1.56. The molecular weight excluding hydrogens is 230 g/mol. The molecule has 1 aromatic carbocycles. The van der Waals surface area contributed by atoms with Crippen molar-refractivity contribution in [2.24, 2.45) is 0 Å². The molecule has 0 radical (unpaired) electrons. The van der Waals surface area contributed by atoms with E-state index in [1.807, 2.05) is 11.8 Å². The summed E-state index contributed by atoms with van der Waals surface area (Å²) in [6, 6.07) is 9.49. The third-order valence-corrected chi connectivity index (χ3v) is 4.92. The van der Waals surface area contributed by atoms with Gasteiger partial charge in [-0.15, -0.1) is 11.8 Å². The summed E-state index contributed by atoms with van der Waals surface area (Å²) >= 11 is 2.00. The zero-order chi connectivity index (χ0) is 11.5. The summed E-state index contributed by atoms with van der Waals surface area (Å²) in [5.41, 5.74) is 1.54. The number of rotatable bonds is 3. The monoisotopic (exact) mass is 249 g/mol.